The van der Waals surface area contributed by atoms with Gasteiger partial charge >= 0.3 is 0 Å². The van der Waals surface area contributed by atoms with Crippen LogP contribution in [0.25, 0.3) is 0 Å². The third-order valence-corrected chi connectivity index (χ3v) is 3.82. The van der Waals surface area contributed by atoms with Crippen molar-refractivity contribution in [2.24, 2.45) is 0 Å². The van der Waals surface area contributed by atoms with Crippen molar-refractivity contribution in [1.82, 2.24) is 0 Å². The molecule has 18 heavy (non-hydrogen) atoms. The Morgan fingerprint density at radius 2 is 1.83 bits per heavy atom. The molecule has 0 radical (unpaired) electrons. The summed E-state index contributed by atoms with van der Waals surface area (Å²) in [6, 6.07) is 2.03. The molecule has 3 heteroatoms. The van der Waals surface area contributed by atoms with Crippen LogP contribution in [0, 0.1) is 0 Å². The van der Waals surface area contributed by atoms with Crippen molar-refractivity contribution in [3.63, 3.8) is 0 Å². The van der Waals surface area contributed by atoms with Gasteiger partial charge in [0, 0.05) is 29.2 Å². The van der Waals surface area contributed by atoms with Crippen molar-refractivity contribution in [2.75, 3.05) is 20.8 Å². The minimum Gasteiger partial charge on any atom is -0.496 e. The minimum absolute atomic E-state index is 0.0704. The van der Waals surface area contributed by atoms with Crippen molar-refractivity contribution < 1.29 is 14.6 Å². The summed E-state index contributed by atoms with van der Waals surface area (Å²) in [4.78, 5) is 0. The van der Waals surface area contributed by atoms with E-state index in [9.17, 15) is 5.11 Å². The van der Waals surface area contributed by atoms with E-state index in [1.165, 1.54) is 24.0 Å². The molecule has 2 rings (SSSR count). The molecule has 1 atom stereocenters. The van der Waals surface area contributed by atoms with Gasteiger partial charge in [0.15, 0.2) is 0 Å². The molecule has 1 aromatic carbocycles. The molecular formula is C15H22O3. The van der Waals surface area contributed by atoms with Crippen molar-refractivity contribution in [1.29, 1.82) is 0 Å². The zero-order valence-corrected chi connectivity index (χ0v) is 11.5. The molecular weight excluding hydrogens is 228 g/mol. The van der Waals surface area contributed by atoms with Crippen LogP contribution in [0.3, 0.4) is 0 Å². The summed E-state index contributed by atoms with van der Waals surface area (Å²) in [5, 5.41) is 9.38. The number of aliphatic hydroxyl groups excluding tert-OH is 1. The molecule has 1 aliphatic carbocycles. The van der Waals surface area contributed by atoms with E-state index in [-0.39, 0.29) is 12.5 Å². The first-order chi connectivity index (χ1) is 8.72. The van der Waals surface area contributed by atoms with E-state index >= 15 is 0 Å². The Hall–Kier alpha value is -1.22. The highest BCUT2D eigenvalue weighted by Gasteiger charge is 2.23. The molecule has 0 amide bonds. The number of ether oxygens (including phenoxy) is 2. The number of hydrogen-bond acceptors (Lipinski definition) is 3. The molecule has 1 aliphatic rings. The molecule has 1 N–H and O–H groups in total. The Kier molecular flexibility index (Phi) is 4.12. The summed E-state index contributed by atoms with van der Waals surface area (Å²) < 4.78 is 11.1. The van der Waals surface area contributed by atoms with Gasteiger partial charge in [0.1, 0.15) is 11.5 Å². The van der Waals surface area contributed by atoms with Crippen LogP contribution in [0.4, 0.5) is 0 Å². The van der Waals surface area contributed by atoms with E-state index in [4.69, 9.17) is 9.47 Å². The summed E-state index contributed by atoms with van der Waals surface area (Å²) in [6.07, 6.45) is 4.51. The van der Waals surface area contributed by atoms with E-state index in [0.717, 1.165) is 29.9 Å². The Bertz CT molecular complexity index is 426. The first-order valence-electron chi connectivity index (χ1n) is 6.60. The van der Waals surface area contributed by atoms with E-state index in [2.05, 4.69) is 0 Å². The van der Waals surface area contributed by atoms with Crippen LogP contribution in [0.1, 0.15) is 42.4 Å². The molecule has 0 heterocycles. The summed E-state index contributed by atoms with van der Waals surface area (Å²) >= 11 is 0. The van der Waals surface area contributed by atoms with Crippen LogP contribution in [-0.4, -0.2) is 25.9 Å². The monoisotopic (exact) mass is 250 g/mol. The van der Waals surface area contributed by atoms with Gasteiger partial charge in [0.2, 0.25) is 0 Å². The van der Waals surface area contributed by atoms with Crippen LogP contribution in [-0.2, 0) is 12.8 Å². The summed E-state index contributed by atoms with van der Waals surface area (Å²) in [6.45, 7) is 2.13. The van der Waals surface area contributed by atoms with Crippen LogP contribution in [0.5, 0.6) is 11.5 Å². The van der Waals surface area contributed by atoms with E-state index < -0.39 is 0 Å². The lowest BCUT2D eigenvalue weighted by atomic mass is 9.86. The first-order valence-corrected chi connectivity index (χ1v) is 6.60. The highest BCUT2D eigenvalue weighted by atomic mass is 16.5. The van der Waals surface area contributed by atoms with Gasteiger partial charge in [-0.1, -0.05) is 6.92 Å². The lowest BCUT2D eigenvalue weighted by molar-refractivity contribution is 0.269. The number of fused-ring (bicyclic) bond motifs is 1. The quantitative estimate of drug-likeness (QED) is 0.893. The second-order valence-corrected chi connectivity index (χ2v) is 4.95. The highest BCUT2D eigenvalue weighted by molar-refractivity contribution is 5.55. The van der Waals surface area contributed by atoms with Crippen LogP contribution in [0.2, 0.25) is 0 Å². The average Bonchev–Trinajstić information content (AvgIpc) is 2.44. The number of rotatable bonds is 4. The molecule has 0 aliphatic heterocycles. The van der Waals surface area contributed by atoms with Gasteiger partial charge in [-0.2, -0.15) is 0 Å². The predicted molar refractivity (Wildman–Crippen MR) is 71.7 cm³/mol. The zero-order valence-electron chi connectivity index (χ0n) is 11.5. The molecule has 0 aromatic heterocycles. The molecule has 1 unspecified atom stereocenters. The fourth-order valence-electron chi connectivity index (χ4n) is 2.78. The van der Waals surface area contributed by atoms with Gasteiger partial charge in [0.05, 0.1) is 14.2 Å². The standard InChI is InChI=1S/C15H22O3/c1-10(9-16)13-8-14(17-2)11-6-4-5-7-12(11)15(13)18-3/h8,10,16H,4-7,9H2,1-3H3. The van der Waals surface area contributed by atoms with Gasteiger partial charge in [-0.05, 0) is 31.7 Å². The average molecular weight is 250 g/mol. The third kappa shape index (κ3) is 2.19. The number of hydrogen-bond donors (Lipinski definition) is 1. The van der Waals surface area contributed by atoms with Gasteiger partial charge in [-0.3, -0.25) is 0 Å². The van der Waals surface area contributed by atoms with Crippen LogP contribution in [0.15, 0.2) is 6.07 Å². The largest absolute Gasteiger partial charge is 0.496 e. The topological polar surface area (TPSA) is 38.7 Å². The Morgan fingerprint density at radius 1 is 1.17 bits per heavy atom. The van der Waals surface area contributed by atoms with Crippen molar-refractivity contribution in [3.8, 4) is 11.5 Å². The maximum atomic E-state index is 9.38. The molecule has 0 saturated carbocycles. The fourth-order valence-corrected chi connectivity index (χ4v) is 2.78. The molecule has 0 spiro atoms. The molecule has 0 saturated heterocycles. The van der Waals surface area contributed by atoms with Gasteiger partial charge in [0.25, 0.3) is 0 Å². The highest BCUT2D eigenvalue weighted by Crippen LogP contribution is 2.41. The molecule has 0 bridgehead atoms. The number of benzene rings is 1. The number of methoxy groups -OCH3 is 2. The van der Waals surface area contributed by atoms with E-state index in [0.29, 0.717) is 0 Å². The van der Waals surface area contributed by atoms with Gasteiger partial charge in [-0.25, -0.2) is 0 Å². The second kappa shape index (κ2) is 5.61. The smallest absolute Gasteiger partial charge is 0.126 e. The van der Waals surface area contributed by atoms with Crippen LogP contribution >= 0.6 is 0 Å². The van der Waals surface area contributed by atoms with Crippen molar-refractivity contribution in [2.45, 2.75) is 38.5 Å². The van der Waals surface area contributed by atoms with Gasteiger partial charge in [-0.15, -0.1) is 0 Å². The first kappa shape index (κ1) is 13.2. The lowest BCUT2D eigenvalue weighted by Gasteiger charge is -2.25. The summed E-state index contributed by atoms with van der Waals surface area (Å²) in [5.41, 5.74) is 3.62. The third-order valence-electron chi connectivity index (χ3n) is 3.82. The van der Waals surface area contributed by atoms with E-state index in [1.807, 2.05) is 13.0 Å². The minimum atomic E-state index is 0.0704. The maximum absolute atomic E-state index is 9.38. The normalized spacial score (nSPS) is 16.0. The Morgan fingerprint density at radius 3 is 2.39 bits per heavy atom. The summed E-state index contributed by atoms with van der Waals surface area (Å²) in [5.74, 6) is 1.97. The Labute approximate surface area is 109 Å². The SMILES string of the molecule is COc1cc(C(C)CO)c(OC)c2c1CCCC2. The van der Waals surface area contributed by atoms with Crippen molar-refractivity contribution in [3.05, 3.63) is 22.8 Å². The van der Waals surface area contributed by atoms with E-state index in [1.54, 1.807) is 14.2 Å². The predicted octanol–water partition coefficient (Wildman–Crippen LogP) is 2.68. The summed E-state index contributed by atoms with van der Waals surface area (Å²) in [7, 11) is 3.42. The zero-order chi connectivity index (χ0) is 13.1. The lowest BCUT2D eigenvalue weighted by Crippen LogP contribution is -2.11. The van der Waals surface area contributed by atoms with Gasteiger partial charge < -0.3 is 14.6 Å². The molecule has 3 nitrogen and oxygen atoms in total. The molecule has 1 aromatic rings. The Balaban J connectivity index is 2.60. The van der Waals surface area contributed by atoms with Crippen LogP contribution < -0.4 is 9.47 Å². The van der Waals surface area contributed by atoms with Crippen molar-refractivity contribution >= 4 is 0 Å². The molecule has 100 valence electrons. The maximum Gasteiger partial charge on any atom is 0.126 e. The number of aliphatic hydroxyl groups is 1. The molecule has 0 fully saturated rings. The second-order valence-electron chi connectivity index (χ2n) is 4.95. The fraction of sp³-hybridized carbons (Fsp3) is 0.600.